The van der Waals surface area contributed by atoms with Crippen LogP contribution in [0.5, 0.6) is 0 Å². The zero-order chi connectivity index (χ0) is 11.7. The topological polar surface area (TPSA) is 26.0 Å². The molecule has 1 aromatic carbocycles. The molecule has 0 fully saturated rings. The summed E-state index contributed by atoms with van der Waals surface area (Å²) in [6.45, 7) is 2.07. The first-order chi connectivity index (χ1) is 8.33. The molecule has 0 aliphatic rings. The summed E-state index contributed by atoms with van der Waals surface area (Å²) in [6.07, 6.45) is 0. The zero-order valence-corrected chi connectivity index (χ0v) is 10.2. The summed E-state index contributed by atoms with van der Waals surface area (Å²) in [5, 5.41) is 6.13. The van der Waals surface area contributed by atoms with Gasteiger partial charge in [0.05, 0.1) is 4.88 Å². The summed E-state index contributed by atoms with van der Waals surface area (Å²) >= 11 is 1.66. The second-order valence-corrected chi connectivity index (χ2v) is 4.87. The Morgan fingerprint density at radius 2 is 1.94 bits per heavy atom. The van der Waals surface area contributed by atoms with E-state index < -0.39 is 0 Å². The van der Waals surface area contributed by atoms with E-state index in [1.807, 2.05) is 35.7 Å². The van der Waals surface area contributed by atoms with E-state index in [0.29, 0.717) is 0 Å². The van der Waals surface area contributed by atoms with Crippen LogP contribution in [-0.4, -0.2) is 5.16 Å². The fraction of sp³-hybridized carbons (Fsp3) is 0.0714. The maximum absolute atomic E-state index is 5.37. The number of hydrogen-bond acceptors (Lipinski definition) is 3. The molecule has 3 heteroatoms. The molecule has 2 heterocycles. The van der Waals surface area contributed by atoms with Crippen molar-refractivity contribution in [3.8, 4) is 21.9 Å². The number of thiophene rings is 1. The van der Waals surface area contributed by atoms with Crippen LogP contribution in [0.15, 0.2) is 52.4 Å². The minimum Gasteiger partial charge on any atom is -0.356 e. The number of benzene rings is 1. The quantitative estimate of drug-likeness (QED) is 0.665. The molecule has 2 nitrogen and oxygen atoms in total. The molecule has 3 aromatic rings. The number of nitrogens with zero attached hydrogens (tertiary/aromatic N) is 1. The van der Waals surface area contributed by atoms with Gasteiger partial charge in [0.25, 0.3) is 0 Å². The average Bonchev–Trinajstić information content (AvgIpc) is 3.00. The van der Waals surface area contributed by atoms with Crippen molar-refractivity contribution in [3.63, 3.8) is 0 Å². The predicted molar refractivity (Wildman–Crippen MR) is 70.0 cm³/mol. The molecule has 0 radical (unpaired) electrons. The van der Waals surface area contributed by atoms with E-state index in [4.69, 9.17) is 4.52 Å². The van der Waals surface area contributed by atoms with Gasteiger partial charge in [0, 0.05) is 11.6 Å². The summed E-state index contributed by atoms with van der Waals surface area (Å²) < 4.78 is 5.37. The number of aromatic nitrogens is 1. The molecule has 0 aliphatic carbocycles. The SMILES string of the molecule is Cc1ccc(-c2cc(-c3cccs3)no2)cc1. The van der Waals surface area contributed by atoms with Gasteiger partial charge in [-0.15, -0.1) is 11.3 Å². The van der Waals surface area contributed by atoms with Gasteiger partial charge in [-0.25, -0.2) is 0 Å². The highest BCUT2D eigenvalue weighted by Crippen LogP contribution is 2.28. The lowest BCUT2D eigenvalue weighted by atomic mass is 10.1. The Bertz CT molecular complexity index is 608. The molecule has 17 heavy (non-hydrogen) atoms. The Hall–Kier alpha value is -1.87. The third-order valence-electron chi connectivity index (χ3n) is 2.62. The molecular weight excluding hydrogens is 230 g/mol. The van der Waals surface area contributed by atoms with E-state index in [9.17, 15) is 0 Å². The van der Waals surface area contributed by atoms with Crippen molar-refractivity contribution in [1.82, 2.24) is 5.16 Å². The summed E-state index contributed by atoms with van der Waals surface area (Å²) in [6, 6.07) is 14.3. The van der Waals surface area contributed by atoms with Gasteiger partial charge in [0.1, 0.15) is 5.69 Å². The highest BCUT2D eigenvalue weighted by Gasteiger charge is 2.08. The molecule has 0 spiro atoms. The largest absolute Gasteiger partial charge is 0.356 e. The fourth-order valence-corrected chi connectivity index (χ4v) is 2.35. The van der Waals surface area contributed by atoms with Gasteiger partial charge in [0.15, 0.2) is 5.76 Å². The molecule has 0 saturated heterocycles. The van der Waals surface area contributed by atoms with Crippen molar-refractivity contribution < 1.29 is 4.52 Å². The first-order valence-electron chi connectivity index (χ1n) is 5.40. The maximum atomic E-state index is 5.37. The molecule has 0 unspecified atom stereocenters. The van der Waals surface area contributed by atoms with Gasteiger partial charge < -0.3 is 4.52 Å². The minimum atomic E-state index is 0.813. The van der Waals surface area contributed by atoms with Crippen LogP contribution in [0.1, 0.15) is 5.56 Å². The van der Waals surface area contributed by atoms with Crippen LogP contribution in [0.4, 0.5) is 0 Å². The smallest absolute Gasteiger partial charge is 0.167 e. The van der Waals surface area contributed by atoms with Crippen molar-refractivity contribution in [3.05, 3.63) is 53.4 Å². The van der Waals surface area contributed by atoms with Crippen LogP contribution in [-0.2, 0) is 0 Å². The molecule has 2 aromatic heterocycles. The number of rotatable bonds is 2. The number of aryl methyl sites for hydroxylation is 1. The molecule has 0 N–H and O–H groups in total. The van der Waals surface area contributed by atoms with E-state index in [2.05, 4.69) is 24.2 Å². The average molecular weight is 241 g/mol. The van der Waals surface area contributed by atoms with Crippen LogP contribution >= 0.6 is 11.3 Å². The highest BCUT2D eigenvalue weighted by molar-refractivity contribution is 7.13. The molecule has 0 amide bonds. The normalized spacial score (nSPS) is 10.6. The second-order valence-electron chi connectivity index (χ2n) is 3.92. The lowest BCUT2D eigenvalue weighted by Crippen LogP contribution is -1.74. The molecule has 0 atom stereocenters. The first kappa shape index (κ1) is 10.3. The Labute approximate surface area is 104 Å². The van der Waals surface area contributed by atoms with Crippen molar-refractivity contribution >= 4 is 11.3 Å². The summed E-state index contributed by atoms with van der Waals surface area (Å²) in [5.41, 5.74) is 3.20. The van der Waals surface area contributed by atoms with Gasteiger partial charge >= 0.3 is 0 Å². The molecule has 84 valence electrons. The van der Waals surface area contributed by atoms with E-state index in [-0.39, 0.29) is 0 Å². The summed E-state index contributed by atoms with van der Waals surface area (Å²) in [7, 11) is 0. The van der Waals surface area contributed by atoms with Gasteiger partial charge in [0.2, 0.25) is 0 Å². The van der Waals surface area contributed by atoms with Crippen LogP contribution in [0.25, 0.3) is 21.9 Å². The number of hydrogen-bond donors (Lipinski definition) is 0. The third kappa shape index (κ3) is 2.01. The van der Waals surface area contributed by atoms with Crippen LogP contribution in [0.2, 0.25) is 0 Å². The van der Waals surface area contributed by atoms with Crippen molar-refractivity contribution in [2.24, 2.45) is 0 Å². The van der Waals surface area contributed by atoms with Crippen LogP contribution in [0, 0.1) is 6.92 Å². The molecule has 0 aliphatic heterocycles. The van der Waals surface area contributed by atoms with Gasteiger partial charge in [-0.05, 0) is 18.4 Å². The fourth-order valence-electron chi connectivity index (χ4n) is 1.67. The van der Waals surface area contributed by atoms with E-state index >= 15 is 0 Å². The lowest BCUT2D eigenvalue weighted by Gasteiger charge is -1.95. The molecule has 0 bridgehead atoms. The van der Waals surface area contributed by atoms with Gasteiger partial charge in [-0.3, -0.25) is 0 Å². The standard InChI is InChI=1S/C14H11NOS/c1-10-4-6-11(7-5-10)13-9-12(15-16-13)14-3-2-8-17-14/h2-9H,1H3. The van der Waals surface area contributed by atoms with Crippen LogP contribution in [0.3, 0.4) is 0 Å². The Kier molecular flexibility index (Phi) is 2.53. The minimum absolute atomic E-state index is 0.813. The van der Waals surface area contributed by atoms with Crippen LogP contribution < -0.4 is 0 Å². The Morgan fingerprint density at radius 3 is 2.65 bits per heavy atom. The summed E-state index contributed by atoms with van der Waals surface area (Å²) in [4.78, 5) is 1.13. The lowest BCUT2D eigenvalue weighted by molar-refractivity contribution is 0.435. The van der Waals surface area contributed by atoms with E-state index in [1.54, 1.807) is 11.3 Å². The van der Waals surface area contributed by atoms with E-state index in [0.717, 1.165) is 21.9 Å². The Balaban J connectivity index is 1.98. The molecular formula is C14H11NOS. The maximum Gasteiger partial charge on any atom is 0.167 e. The molecule has 0 saturated carbocycles. The highest BCUT2D eigenvalue weighted by atomic mass is 32.1. The predicted octanol–water partition coefficient (Wildman–Crippen LogP) is 4.38. The van der Waals surface area contributed by atoms with Gasteiger partial charge in [-0.2, -0.15) is 0 Å². The third-order valence-corrected chi connectivity index (χ3v) is 3.51. The molecule has 3 rings (SSSR count). The Morgan fingerprint density at radius 1 is 1.12 bits per heavy atom. The zero-order valence-electron chi connectivity index (χ0n) is 9.38. The van der Waals surface area contributed by atoms with E-state index in [1.165, 1.54) is 5.56 Å². The summed E-state index contributed by atoms with van der Waals surface area (Å²) in [5.74, 6) is 0.813. The second kappa shape index (κ2) is 4.18. The van der Waals surface area contributed by atoms with Crippen molar-refractivity contribution in [2.45, 2.75) is 6.92 Å². The monoisotopic (exact) mass is 241 g/mol. The van der Waals surface area contributed by atoms with Crippen molar-refractivity contribution in [2.75, 3.05) is 0 Å². The van der Waals surface area contributed by atoms with Crippen molar-refractivity contribution in [1.29, 1.82) is 0 Å². The van der Waals surface area contributed by atoms with Gasteiger partial charge in [-0.1, -0.05) is 41.1 Å². The first-order valence-corrected chi connectivity index (χ1v) is 6.28.